The SMILES string of the molecule is CCN(CC)Cc1ccccc1-c1noc(CN)n1. The molecule has 0 radical (unpaired) electrons. The molecule has 5 nitrogen and oxygen atoms in total. The number of aromatic nitrogens is 2. The lowest BCUT2D eigenvalue weighted by Gasteiger charge is -2.19. The third kappa shape index (κ3) is 3.19. The molecule has 0 aliphatic heterocycles. The lowest BCUT2D eigenvalue weighted by atomic mass is 10.1. The van der Waals surface area contributed by atoms with Gasteiger partial charge in [0, 0.05) is 12.1 Å². The molecule has 0 aliphatic carbocycles. The molecular weight excluding hydrogens is 240 g/mol. The van der Waals surface area contributed by atoms with Gasteiger partial charge in [-0.05, 0) is 18.7 Å². The first-order valence-corrected chi connectivity index (χ1v) is 6.61. The van der Waals surface area contributed by atoms with Crippen LogP contribution in [0.3, 0.4) is 0 Å². The maximum absolute atomic E-state index is 5.50. The Kier molecular flexibility index (Phi) is 4.65. The van der Waals surface area contributed by atoms with Crippen molar-refractivity contribution in [2.24, 2.45) is 5.73 Å². The summed E-state index contributed by atoms with van der Waals surface area (Å²) >= 11 is 0. The lowest BCUT2D eigenvalue weighted by molar-refractivity contribution is 0.296. The van der Waals surface area contributed by atoms with Crippen LogP contribution in [0.1, 0.15) is 25.3 Å². The fraction of sp³-hybridized carbons (Fsp3) is 0.429. The van der Waals surface area contributed by atoms with Crippen molar-refractivity contribution in [1.29, 1.82) is 0 Å². The van der Waals surface area contributed by atoms with Gasteiger partial charge in [0.1, 0.15) is 0 Å². The van der Waals surface area contributed by atoms with Gasteiger partial charge in [-0.1, -0.05) is 43.3 Å². The molecule has 0 atom stereocenters. The van der Waals surface area contributed by atoms with Gasteiger partial charge in [0.25, 0.3) is 0 Å². The van der Waals surface area contributed by atoms with Gasteiger partial charge in [-0.15, -0.1) is 0 Å². The van der Waals surface area contributed by atoms with E-state index >= 15 is 0 Å². The quantitative estimate of drug-likeness (QED) is 0.860. The van der Waals surface area contributed by atoms with Crippen molar-refractivity contribution in [3.8, 4) is 11.4 Å². The van der Waals surface area contributed by atoms with E-state index in [9.17, 15) is 0 Å². The molecule has 5 heteroatoms. The Labute approximate surface area is 113 Å². The zero-order valence-electron chi connectivity index (χ0n) is 11.5. The highest BCUT2D eigenvalue weighted by Gasteiger charge is 2.12. The van der Waals surface area contributed by atoms with Crippen LogP contribution in [0.5, 0.6) is 0 Å². The first-order valence-electron chi connectivity index (χ1n) is 6.61. The Morgan fingerprint density at radius 2 is 1.95 bits per heavy atom. The molecule has 0 fully saturated rings. The van der Waals surface area contributed by atoms with Crippen molar-refractivity contribution in [3.63, 3.8) is 0 Å². The second kappa shape index (κ2) is 6.45. The van der Waals surface area contributed by atoms with Crippen LogP contribution in [0, 0.1) is 0 Å². The van der Waals surface area contributed by atoms with Crippen LogP contribution in [0.4, 0.5) is 0 Å². The lowest BCUT2D eigenvalue weighted by Crippen LogP contribution is -2.22. The number of nitrogens with zero attached hydrogens (tertiary/aromatic N) is 3. The molecular formula is C14H20N4O. The fourth-order valence-corrected chi connectivity index (χ4v) is 2.01. The van der Waals surface area contributed by atoms with Crippen LogP contribution in [0.25, 0.3) is 11.4 Å². The van der Waals surface area contributed by atoms with Crippen molar-refractivity contribution in [2.75, 3.05) is 13.1 Å². The van der Waals surface area contributed by atoms with E-state index in [-0.39, 0.29) is 6.54 Å². The summed E-state index contributed by atoms with van der Waals surface area (Å²) in [5.41, 5.74) is 7.71. The third-order valence-electron chi connectivity index (χ3n) is 3.19. The molecule has 0 saturated carbocycles. The molecule has 2 aromatic rings. The Balaban J connectivity index is 2.30. The summed E-state index contributed by atoms with van der Waals surface area (Å²) in [6.45, 7) is 7.51. The van der Waals surface area contributed by atoms with E-state index in [1.807, 2.05) is 18.2 Å². The van der Waals surface area contributed by atoms with Gasteiger partial charge in [0.15, 0.2) is 0 Å². The Morgan fingerprint density at radius 1 is 1.21 bits per heavy atom. The minimum absolute atomic E-state index is 0.269. The summed E-state index contributed by atoms with van der Waals surface area (Å²) in [5.74, 6) is 1.08. The van der Waals surface area contributed by atoms with Gasteiger partial charge in [-0.25, -0.2) is 0 Å². The summed E-state index contributed by atoms with van der Waals surface area (Å²) in [5, 5.41) is 3.99. The first-order chi connectivity index (χ1) is 9.28. The molecule has 1 heterocycles. The summed E-state index contributed by atoms with van der Waals surface area (Å²) in [7, 11) is 0. The van der Waals surface area contributed by atoms with Gasteiger partial charge in [0.2, 0.25) is 11.7 Å². The number of hydrogen-bond acceptors (Lipinski definition) is 5. The van der Waals surface area contributed by atoms with Crippen LogP contribution in [0.2, 0.25) is 0 Å². The summed E-state index contributed by atoms with van der Waals surface area (Å²) in [4.78, 5) is 6.65. The normalized spacial score (nSPS) is 11.2. The van der Waals surface area contributed by atoms with Crippen LogP contribution in [-0.2, 0) is 13.1 Å². The third-order valence-corrected chi connectivity index (χ3v) is 3.19. The Morgan fingerprint density at radius 3 is 2.58 bits per heavy atom. The van der Waals surface area contributed by atoms with Crippen molar-refractivity contribution in [2.45, 2.75) is 26.9 Å². The predicted octanol–water partition coefficient (Wildman–Crippen LogP) is 2.04. The highest BCUT2D eigenvalue weighted by molar-refractivity contribution is 5.59. The van der Waals surface area contributed by atoms with Crippen molar-refractivity contribution >= 4 is 0 Å². The monoisotopic (exact) mass is 260 g/mol. The van der Waals surface area contributed by atoms with Crippen molar-refractivity contribution in [3.05, 3.63) is 35.7 Å². The van der Waals surface area contributed by atoms with Gasteiger partial charge >= 0.3 is 0 Å². The van der Waals surface area contributed by atoms with Crippen LogP contribution >= 0.6 is 0 Å². The molecule has 0 spiro atoms. The summed E-state index contributed by atoms with van der Waals surface area (Å²) in [6, 6.07) is 8.14. The van der Waals surface area contributed by atoms with Crippen LogP contribution in [-0.4, -0.2) is 28.1 Å². The summed E-state index contributed by atoms with van der Waals surface area (Å²) < 4.78 is 5.08. The molecule has 2 rings (SSSR count). The maximum atomic E-state index is 5.50. The van der Waals surface area contributed by atoms with Gasteiger partial charge < -0.3 is 10.3 Å². The minimum Gasteiger partial charge on any atom is -0.338 e. The molecule has 2 N–H and O–H groups in total. The minimum atomic E-state index is 0.269. The summed E-state index contributed by atoms with van der Waals surface area (Å²) in [6.07, 6.45) is 0. The van der Waals surface area contributed by atoms with E-state index in [1.54, 1.807) is 0 Å². The highest BCUT2D eigenvalue weighted by Crippen LogP contribution is 2.22. The largest absolute Gasteiger partial charge is 0.338 e. The maximum Gasteiger partial charge on any atom is 0.240 e. The van der Waals surface area contributed by atoms with E-state index in [0.29, 0.717) is 11.7 Å². The van der Waals surface area contributed by atoms with Crippen molar-refractivity contribution in [1.82, 2.24) is 15.0 Å². The average molecular weight is 260 g/mol. The highest BCUT2D eigenvalue weighted by atomic mass is 16.5. The van der Waals surface area contributed by atoms with Gasteiger partial charge in [-0.2, -0.15) is 4.98 Å². The van der Waals surface area contributed by atoms with Crippen LogP contribution < -0.4 is 5.73 Å². The van der Waals surface area contributed by atoms with Crippen molar-refractivity contribution < 1.29 is 4.52 Å². The molecule has 1 aromatic heterocycles. The topological polar surface area (TPSA) is 68.2 Å². The first kappa shape index (κ1) is 13.7. The number of hydrogen-bond donors (Lipinski definition) is 1. The molecule has 0 saturated heterocycles. The zero-order chi connectivity index (χ0) is 13.7. The molecule has 19 heavy (non-hydrogen) atoms. The standard InChI is InChI=1S/C14H20N4O/c1-3-18(4-2)10-11-7-5-6-8-12(11)14-16-13(9-15)19-17-14/h5-8H,3-4,9-10,15H2,1-2H3. The molecule has 0 aliphatic rings. The number of rotatable bonds is 6. The smallest absolute Gasteiger partial charge is 0.240 e. The zero-order valence-corrected chi connectivity index (χ0v) is 11.5. The van der Waals surface area contributed by atoms with E-state index < -0.39 is 0 Å². The predicted molar refractivity (Wildman–Crippen MR) is 74.3 cm³/mol. The van der Waals surface area contributed by atoms with E-state index in [0.717, 1.165) is 25.2 Å². The number of nitrogens with two attached hydrogens (primary N) is 1. The van der Waals surface area contributed by atoms with Crippen LogP contribution in [0.15, 0.2) is 28.8 Å². The molecule has 1 aromatic carbocycles. The molecule has 0 bridgehead atoms. The second-order valence-electron chi connectivity index (χ2n) is 4.33. The fourth-order valence-electron chi connectivity index (χ4n) is 2.01. The molecule has 0 amide bonds. The number of benzene rings is 1. The Hall–Kier alpha value is -1.72. The molecule has 102 valence electrons. The van der Waals surface area contributed by atoms with Gasteiger partial charge in [-0.3, -0.25) is 4.90 Å². The van der Waals surface area contributed by atoms with Gasteiger partial charge in [0.05, 0.1) is 6.54 Å². The molecule has 0 unspecified atom stereocenters. The second-order valence-corrected chi connectivity index (χ2v) is 4.33. The van der Waals surface area contributed by atoms with E-state index in [4.69, 9.17) is 10.3 Å². The average Bonchev–Trinajstić information content (AvgIpc) is 2.94. The van der Waals surface area contributed by atoms with E-state index in [1.165, 1.54) is 5.56 Å². The Bertz CT molecular complexity index is 520. The van der Waals surface area contributed by atoms with E-state index in [2.05, 4.69) is 35.0 Å².